The number of aryl methyl sites for hydroxylation is 1. The van der Waals surface area contributed by atoms with E-state index in [1.165, 1.54) is 24.1 Å². The summed E-state index contributed by atoms with van der Waals surface area (Å²) >= 11 is 9.73. The van der Waals surface area contributed by atoms with Gasteiger partial charge >= 0.3 is 0 Å². The Morgan fingerprint density at radius 3 is 2.43 bits per heavy atom. The lowest BCUT2D eigenvalue weighted by atomic mass is 10.00. The Morgan fingerprint density at radius 2 is 1.79 bits per heavy atom. The monoisotopic (exact) mass is 628 g/mol. The second-order valence-electron chi connectivity index (χ2n) is 10.4. The van der Waals surface area contributed by atoms with Crippen LogP contribution in [-0.4, -0.2) is 38.9 Å². The number of thioether (sulfide) groups is 1. The Bertz CT molecular complexity index is 1850. The number of nitrogens with one attached hydrogen (secondary N) is 2. The van der Waals surface area contributed by atoms with E-state index < -0.39 is 17.7 Å². The molecule has 0 saturated carbocycles. The van der Waals surface area contributed by atoms with Crippen molar-refractivity contribution < 1.29 is 8.78 Å². The Hall–Kier alpha value is -3.12. The first-order valence-corrected chi connectivity index (χ1v) is 16.0. The lowest BCUT2D eigenvalue weighted by molar-refractivity contribution is 0.532. The second-order valence-corrected chi connectivity index (χ2v) is 12.9. The number of rotatable bonds is 9. The van der Waals surface area contributed by atoms with Gasteiger partial charge in [-0.25, -0.2) is 13.8 Å². The zero-order chi connectivity index (χ0) is 30.3. The Morgan fingerprint density at radius 1 is 1.07 bits per heavy atom. The SMILES string of the molecule is CNC(Cc1cc(F)cc(F)c1)c1nc2cc(C(C)(C)SC)ccc2c(=O)n1-c1ccc(Cl)c2c(NSC)nn(C)c12. The van der Waals surface area contributed by atoms with Crippen molar-refractivity contribution in [2.75, 3.05) is 24.3 Å². The first-order chi connectivity index (χ1) is 20.0. The largest absolute Gasteiger partial charge is 0.313 e. The fourth-order valence-electron chi connectivity index (χ4n) is 5.16. The fourth-order valence-corrected chi connectivity index (χ4v) is 6.10. The summed E-state index contributed by atoms with van der Waals surface area (Å²) in [6.07, 6.45) is 4.10. The van der Waals surface area contributed by atoms with Crippen molar-refractivity contribution in [3.8, 4) is 5.69 Å². The molecule has 0 saturated heterocycles. The zero-order valence-electron chi connectivity index (χ0n) is 24.1. The first kappa shape index (κ1) is 30.3. The highest BCUT2D eigenvalue weighted by Gasteiger charge is 2.26. The van der Waals surface area contributed by atoms with Crippen molar-refractivity contribution in [3.63, 3.8) is 0 Å². The van der Waals surface area contributed by atoms with Crippen LogP contribution in [0.1, 0.15) is 36.8 Å². The Labute approximate surface area is 256 Å². The zero-order valence-corrected chi connectivity index (χ0v) is 26.4. The summed E-state index contributed by atoms with van der Waals surface area (Å²) in [5, 5.41) is 9.42. The molecule has 1 unspecified atom stereocenters. The molecule has 5 rings (SSSR count). The predicted octanol–water partition coefficient (Wildman–Crippen LogP) is 7.00. The van der Waals surface area contributed by atoms with Crippen LogP contribution in [0.15, 0.2) is 53.3 Å². The predicted molar refractivity (Wildman–Crippen MR) is 172 cm³/mol. The third kappa shape index (κ3) is 5.50. The molecule has 2 N–H and O–H groups in total. The molecule has 2 heterocycles. The maximum atomic E-state index is 14.4. The molecule has 0 amide bonds. The molecule has 0 fully saturated rings. The number of hydrogen-bond acceptors (Lipinski definition) is 7. The van der Waals surface area contributed by atoms with Crippen LogP contribution in [0.3, 0.4) is 0 Å². The molecule has 0 radical (unpaired) electrons. The van der Waals surface area contributed by atoms with Crippen molar-refractivity contribution in [3.05, 3.63) is 92.5 Å². The van der Waals surface area contributed by atoms with Gasteiger partial charge in [0, 0.05) is 24.1 Å². The standard InChI is InChI=1S/C30H31ClF2N6OS2/c1-30(2,41-5)17-7-8-20-22(14-17)35-28(23(34-3)13-16-11-18(32)15-19(33)12-16)39(29(20)40)24-10-9-21(31)25-26(24)38(4)36-27(25)37-42-6/h7-12,14-15,23,34H,13H2,1-6H3,(H,36,37). The molecule has 3 aromatic carbocycles. The third-order valence-corrected chi connectivity index (χ3v) is 9.45. The van der Waals surface area contributed by atoms with Gasteiger partial charge in [-0.15, -0.1) is 0 Å². The van der Waals surface area contributed by atoms with E-state index in [1.54, 1.807) is 47.2 Å². The summed E-state index contributed by atoms with van der Waals surface area (Å²) in [5.41, 5.74) is 2.88. The smallest absolute Gasteiger partial charge is 0.266 e. The van der Waals surface area contributed by atoms with E-state index >= 15 is 0 Å². The van der Waals surface area contributed by atoms with Gasteiger partial charge in [-0.2, -0.15) is 16.9 Å². The first-order valence-electron chi connectivity index (χ1n) is 13.2. The van der Waals surface area contributed by atoms with Crippen molar-refractivity contribution in [1.82, 2.24) is 24.6 Å². The van der Waals surface area contributed by atoms with E-state index in [1.807, 2.05) is 30.7 Å². The molecule has 0 spiro atoms. The van der Waals surface area contributed by atoms with Gasteiger partial charge in [-0.3, -0.25) is 14.0 Å². The second kappa shape index (κ2) is 11.9. The number of aromatic nitrogens is 4. The van der Waals surface area contributed by atoms with Crippen LogP contribution in [0, 0.1) is 11.6 Å². The summed E-state index contributed by atoms with van der Waals surface area (Å²) in [6, 6.07) is 12.0. The van der Waals surface area contributed by atoms with Crippen LogP contribution in [0.5, 0.6) is 0 Å². The van der Waals surface area contributed by atoms with E-state index in [9.17, 15) is 13.6 Å². The van der Waals surface area contributed by atoms with Crippen molar-refractivity contribution in [2.24, 2.45) is 7.05 Å². The van der Waals surface area contributed by atoms with E-state index in [0.29, 0.717) is 49.7 Å². The van der Waals surface area contributed by atoms with Gasteiger partial charge < -0.3 is 10.0 Å². The van der Waals surface area contributed by atoms with Gasteiger partial charge in [0.1, 0.15) is 17.5 Å². The minimum Gasteiger partial charge on any atom is -0.313 e. The van der Waals surface area contributed by atoms with Crippen molar-refractivity contribution in [2.45, 2.75) is 31.1 Å². The molecule has 7 nitrogen and oxygen atoms in total. The van der Waals surface area contributed by atoms with Crippen LogP contribution in [0.4, 0.5) is 14.6 Å². The van der Waals surface area contributed by atoms with E-state index in [-0.39, 0.29) is 16.7 Å². The number of benzene rings is 3. The number of halogens is 3. The molecular weight excluding hydrogens is 598 g/mol. The molecule has 0 aliphatic carbocycles. The van der Waals surface area contributed by atoms with Crippen molar-refractivity contribution in [1.29, 1.82) is 0 Å². The topological polar surface area (TPSA) is 76.8 Å². The van der Waals surface area contributed by atoms with Gasteiger partial charge in [0.05, 0.1) is 38.6 Å². The molecule has 0 bridgehead atoms. The highest BCUT2D eigenvalue weighted by molar-refractivity contribution is 8.00. The number of anilines is 1. The maximum Gasteiger partial charge on any atom is 0.266 e. The van der Waals surface area contributed by atoms with Crippen LogP contribution >= 0.6 is 35.3 Å². The Kier molecular flexibility index (Phi) is 8.58. The number of nitrogens with zero attached hydrogens (tertiary/aromatic N) is 4. The summed E-state index contributed by atoms with van der Waals surface area (Å²) in [4.78, 5) is 19.5. The van der Waals surface area contributed by atoms with E-state index in [2.05, 4.69) is 29.0 Å². The van der Waals surface area contributed by atoms with E-state index in [4.69, 9.17) is 16.6 Å². The van der Waals surface area contributed by atoms with Crippen LogP contribution in [0.2, 0.25) is 5.02 Å². The highest BCUT2D eigenvalue weighted by Crippen LogP contribution is 2.37. The number of hydrogen-bond donors (Lipinski definition) is 2. The number of likely N-dealkylation sites (N-methyl/N-ethyl adjacent to an activating group) is 1. The van der Waals surface area contributed by atoms with Gasteiger partial charge in [0.2, 0.25) is 0 Å². The van der Waals surface area contributed by atoms with Crippen LogP contribution in [-0.2, 0) is 18.2 Å². The van der Waals surface area contributed by atoms with Gasteiger partial charge in [0.15, 0.2) is 5.82 Å². The fraction of sp³-hybridized carbons (Fsp3) is 0.300. The van der Waals surface area contributed by atoms with Gasteiger partial charge in [-0.1, -0.05) is 29.6 Å². The molecule has 0 aliphatic heterocycles. The highest BCUT2D eigenvalue weighted by atomic mass is 35.5. The molecule has 5 aromatic rings. The van der Waals surface area contributed by atoms with Gasteiger partial charge in [0.25, 0.3) is 5.56 Å². The molecule has 220 valence electrons. The summed E-state index contributed by atoms with van der Waals surface area (Å²) in [6.45, 7) is 4.23. The van der Waals surface area contributed by atoms with E-state index in [0.717, 1.165) is 11.6 Å². The lowest BCUT2D eigenvalue weighted by Crippen LogP contribution is -2.31. The molecular formula is C30H31ClF2N6OS2. The minimum atomic E-state index is -0.671. The van der Waals surface area contributed by atoms with Crippen LogP contribution < -0.4 is 15.6 Å². The van der Waals surface area contributed by atoms with Gasteiger partial charge in [-0.05, 0) is 81.1 Å². The van der Waals surface area contributed by atoms with Crippen molar-refractivity contribution >= 4 is 62.9 Å². The number of fused-ring (bicyclic) bond motifs is 2. The molecule has 42 heavy (non-hydrogen) atoms. The molecule has 2 aromatic heterocycles. The average Bonchev–Trinajstić information content (AvgIpc) is 3.28. The summed E-state index contributed by atoms with van der Waals surface area (Å²) in [7, 11) is 3.52. The minimum absolute atomic E-state index is 0.181. The summed E-state index contributed by atoms with van der Waals surface area (Å²) in [5.74, 6) is -0.381. The molecule has 0 aliphatic rings. The summed E-state index contributed by atoms with van der Waals surface area (Å²) < 4.78 is 34.5. The lowest BCUT2D eigenvalue weighted by Gasteiger charge is -2.24. The normalized spacial score (nSPS) is 12.8. The third-order valence-electron chi connectivity index (χ3n) is 7.48. The molecule has 12 heteroatoms. The average molecular weight is 629 g/mol. The van der Waals surface area contributed by atoms with Crippen LogP contribution in [0.25, 0.3) is 27.5 Å². The maximum absolute atomic E-state index is 14.4. The molecule has 1 atom stereocenters. The quantitative estimate of drug-likeness (QED) is 0.170. The Balaban J connectivity index is 1.84.